The second kappa shape index (κ2) is 7.40. The number of benzene rings is 1. The number of aromatic nitrogens is 1. The summed E-state index contributed by atoms with van der Waals surface area (Å²) in [5.41, 5.74) is 1.15. The summed E-state index contributed by atoms with van der Waals surface area (Å²) in [6, 6.07) is 8.20. The van der Waals surface area contributed by atoms with Crippen molar-refractivity contribution >= 4 is 34.9 Å². The highest BCUT2D eigenvalue weighted by Crippen LogP contribution is 2.18. The molecule has 3 amide bonds. The molecule has 24 heavy (non-hydrogen) atoms. The van der Waals surface area contributed by atoms with E-state index in [1.165, 1.54) is 18.7 Å². The fourth-order valence-corrected chi connectivity index (χ4v) is 2.06. The number of anilines is 3. The standard InChI is InChI=1S/C16H18N4O4/c1-10-8-15(19-24-10)18-16(23)9-20(12(3)22)14-6-4-13(5-7-14)17-11(2)21/h4-8H,9H2,1-3H3,(H,17,21)(H,18,19,23). The monoisotopic (exact) mass is 330 g/mol. The zero-order valence-corrected chi connectivity index (χ0v) is 13.6. The van der Waals surface area contributed by atoms with Crippen LogP contribution in [0.2, 0.25) is 0 Å². The van der Waals surface area contributed by atoms with E-state index in [-0.39, 0.29) is 18.4 Å². The molecule has 2 aromatic rings. The molecule has 0 spiro atoms. The van der Waals surface area contributed by atoms with Crippen molar-refractivity contribution in [1.29, 1.82) is 0 Å². The van der Waals surface area contributed by atoms with Crippen LogP contribution in [0.4, 0.5) is 17.2 Å². The van der Waals surface area contributed by atoms with Gasteiger partial charge in [-0.2, -0.15) is 0 Å². The van der Waals surface area contributed by atoms with E-state index in [2.05, 4.69) is 15.8 Å². The van der Waals surface area contributed by atoms with E-state index < -0.39 is 5.91 Å². The molecule has 8 nitrogen and oxygen atoms in total. The van der Waals surface area contributed by atoms with E-state index in [1.807, 2.05) is 0 Å². The number of carbonyl (C=O) groups is 3. The quantitative estimate of drug-likeness (QED) is 0.871. The van der Waals surface area contributed by atoms with Gasteiger partial charge in [-0.05, 0) is 31.2 Å². The first-order valence-corrected chi connectivity index (χ1v) is 7.24. The van der Waals surface area contributed by atoms with Crippen molar-refractivity contribution in [3.05, 3.63) is 36.1 Å². The van der Waals surface area contributed by atoms with Gasteiger partial charge in [-0.1, -0.05) is 5.16 Å². The third kappa shape index (κ3) is 4.67. The predicted octanol–water partition coefficient (Wildman–Crippen LogP) is 1.93. The predicted molar refractivity (Wildman–Crippen MR) is 88.6 cm³/mol. The summed E-state index contributed by atoms with van der Waals surface area (Å²) in [6.07, 6.45) is 0. The summed E-state index contributed by atoms with van der Waals surface area (Å²) in [5, 5.41) is 8.87. The molecule has 2 rings (SSSR count). The van der Waals surface area contributed by atoms with Crippen molar-refractivity contribution in [2.24, 2.45) is 0 Å². The smallest absolute Gasteiger partial charge is 0.245 e. The lowest BCUT2D eigenvalue weighted by atomic mass is 10.2. The first kappa shape index (κ1) is 17.2. The van der Waals surface area contributed by atoms with Crippen LogP contribution < -0.4 is 15.5 Å². The van der Waals surface area contributed by atoms with Crippen molar-refractivity contribution in [3.63, 3.8) is 0 Å². The zero-order chi connectivity index (χ0) is 17.7. The van der Waals surface area contributed by atoms with Gasteiger partial charge in [-0.15, -0.1) is 0 Å². The SMILES string of the molecule is CC(=O)Nc1ccc(N(CC(=O)Nc2cc(C)on2)C(C)=O)cc1. The Labute approximate surface area is 138 Å². The second-order valence-corrected chi connectivity index (χ2v) is 5.20. The van der Waals surface area contributed by atoms with Crippen molar-refractivity contribution in [3.8, 4) is 0 Å². The Kier molecular flexibility index (Phi) is 5.31. The van der Waals surface area contributed by atoms with Crippen LogP contribution in [0.15, 0.2) is 34.9 Å². The minimum Gasteiger partial charge on any atom is -0.360 e. The molecule has 0 unspecified atom stereocenters. The maximum Gasteiger partial charge on any atom is 0.245 e. The fraction of sp³-hybridized carbons (Fsp3) is 0.250. The molecular formula is C16H18N4O4. The lowest BCUT2D eigenvalue weighted by Crippen LogP contribution is -2.36. The van der Waals surface area contributed by atoms with Gasteiger partial charge in [0, 0.05) is 31.3 Å². The van der Waals surface area contributed by atoms with Gasteiger partial charge in [0.2, 0.25) is 17.7 Å². The minimum atomic E-state index is -0.399. The Bertz CT molecular complexity index is 752. The highest BCUT2D eigenvalue weighted by Gasteiger charge is 2.17. The van der Waals surface area contributed by atoms with Crippen LogP contribution in [0, 0.1) is 6.92 Å². The number of carbonyl (C=O) groups excluding carboxylic acids is 3. The first-order chi connectivity index (χ1) is 11.3. The van der Waals surface area contributed by atoms with Gasteiger partial charge in [0.25, 0.3) is 0 Å². The summed E-state index contributed by atoms with van der Waals surface area (Å²) in [7, 11) is 0. The molecule has 0 radical (unpaired) electrons. The number of rotatable bonds is 5. The van der Waals surface area contributed by atoms with Crippen LogP contribution in [0.1, 0.15) is 19.6 Å². The van der Waals surface area contributed by atoms with Crippen LogP contribution in [0.25, 0.3) is 0 Å². The van der Waals surface area contributed by atoms with E-state index in [0.29, 0.717) is 23.0 Å². The lowest BCUT2D eigenvalue weighted by molar-refractivity contribution is -0.120. The topological polar surface area (TPSA) is 105 Å². The third-order valence-electron chi connectivity index (χ3n) is 3.08. The normalized spacial score (nSPS) is 10.1. The van der Waals surface area contributed by atoms with E-state index in [4.69, 9.17) is 4.52 Å². The number of nitrogens with one attached hydrogen (secondary N) is 2. The minimum absolute atomic E-state index is 0.166. The lowest BCUT2D eigenvalue weighted by Gasteiger charge is -2.20. The zero-order valence-electron chi connectivity index (χ0n) is 13.6. The Hall–Kier alpha value is -3.16. The van der Waals surface area contributed by atoms with Gasteiger partial charge in [0.05, 0.1) is 0 Å². The average molecular weight is 330 g/mol. The molecule has 0 atom stereocenters. The number of hydrogen-bond acceptors (Lipinski definition) is 5. The van der Waals surface area contributed by atoms with Gasteiger partial charge >= 0.3 is 0 Å². The van der Waals surface area contributed by atoms with Gasteiger partial charge < -0.3 is 20.1 Å². The van der Waals surface area contributed by atoms with Crippen LogP contribution in [-0.2, 0) is 14.4 Å². The van der Waals surface area contributed by atoms with Gasteiger partial charge in [-0.25, -0.2) is 0 Å². The number of aryl methyl sites for hydroxylation is 1. The van der Waals surface area contributed by atoms with E-state index >= 15 is 0 Å². The highest BCUT2D eigenvalue weighted by atomic mass is 16.5. The number of hydrogen-bond donors (Lipinski definition) is 2. The Morgan fingerprint density at radius 3 is 2.29 bits per heavy atom. The molecule has 1 aromatic heterocycles. The summed E-state index contributed by atoms with van der Waals surface area (Å²) >= 11 is 0. The van der Waals surface area contributed by atoms with Crippen LogP contribution >= 0.6 is 0 Å². The average Bonchev–Trinajstić information content (AvgIpc) is 2.90. The molecule has 126 valence electrons. The Morgan fingerprint density at radius 2 is 1.79 bits per heavy atom. The third-order valence-corrected chi connectivity index (χ3v) is 3.08. The maximum atomic E-state index is 12.1. The molecule has 1 aromatic carbocycles. The van der Waals surface area contributed by atoms with Crippen LogP contribution in [0.5, 0.6) is 0 Å². The van der Waals surface area contributed by atoms with Crippen molar-refractivity contribution in [1.82, 2.24) is 5.16 Å². The van der Waals surface area contributed by atoms with Gasteiger partial charge in [-0.3, -0.25) is 14.4 Å². The fourth-order valence-electron chi connectivity index (χ4n) is 2.06. The second-order valence-electron chi connectivity index (χ2n) is 5.20. The molecular weight excluding hydrogens is 312 g/mol. The largest absolute Gasteiger partial charge is 0.360 e. The molecule has 0 bridgehead atoms. The van der Waals surface area contributed by atoms with Crippen molar-refractivity contribution < 1.29 is 18.9 Å². The Balaban J connectivity index is 2.07. The first-order valence-electron chi connectivity index (χ1n) is 7.24. The summed E-state index contributed by atoms with van der Waals surface area (Å²) in [4.78, 5) is 36.3. The highest BCUT2D eigenvalue weighted by molar-refractivity contribution is 6.01. The van der Waals surface area contributed by atoms with Crippen molar-refractivity contribution in [2.45, 2.75) is 20.8 Å². The molecule has 0 saturated heterocycles. The van der Waals surface area contributed by atoms with Gasteiger partial charge in [0.15, 0.2) is 5.82 Å². The van der Waals surface area contributed by atoms with E-state index in [1.54, 1.807) is 37.3 Å². The summed E-state index contributed by atoms with van der Waals surface area (Å²) in [5.74, 6) is -0.00375. The maximum absolute atomic E-state index is 12.1. The molecule has 8 heteroatoms. The van der Waals surface area contributed by atoms with Crippen molar-refractivity contribution in [2.75, 3.05) is 22.1 Å². The Morgan fingerprint density at radius 1 is 1.12 bits per heavy atom. The van der Waals surface area contributed by atoms with E-state index in [9.17, 15) is 14.4 Å². The number of nitrogens with zero attached hydrogens (tertiary/aromatic N) is 2. The molecule has 0 fully saturated rings. The molecule has 0 saturated carbocycles. The molecule has 1 heterocycles. The van der Waals surface area contributed by atoms with Crippen LogP contribution in [0.3, 0.4) is 0 Å². The number of amides is 3. The van der Waals surface area contributed by atoms with E-state index in [0.717, 1.165) is 0 Å². The molecule has 2 N–H and O–H groups in total. The molecule has 0 aliphatic carbocycles. The molecule has 0 aliphatic rings. The molecule has 0 aliphatic heterocycles. The van der Waals surface area contributed by atoms with Gasteiger partial charge in [0.1, 0.15) is 12.3 Å². The summed E-state index contributed by atoms with van der Waals surface area (Å²) < 4.78 is 4.87. The summed E-state index contributed by atoms with van der Waals surface area (Å²) in [6.45, 7) is 4.32. The van der Waals surface area contributed by atoms with Crippen LogP contribution in [-0.4, -0.2) is 29.4 Å².